The van der Waals surface area contributed by atoms with Crippen LogP contribution in [-0.2, 0) is 0 Å². The molecule has 1 rings (SSSR count). The Morgan fingerprint density at radius 2 is 1.94 bits per heavy atom. The van der Waals surface area contributed by atoms with E-state index in [-0.39, 0.29) is 11.9 Å². The standard InChI is InChI=1S/C13H21NOS/c1-4-13(14-3)11-5-7-12(8-6-11)16-10(2)9-15/h5-8,10,13-15H,4,9H2,1-3H3. The zero-order valence-corrected chi connectivity index (χ0v) is 11.1. The van der Waals surface area contributed by atoms with E-state index in [1.807, 2.05) is 14.0 Å². The lowest BCUT2D eigenvalue weighted by Crippen LogP contribution is -2.14. The summed E-state index contributed by atoms with van der Waals surface area (Å²) in [5.41, 5.74) is 1.33. The van der Waals surface area contributed by atoms with Crippen LogP contribution in [0.2, 0.25) is 0 Å². The Labute approximate surface area is 102 Å². The van der Waals surface area contributed by atoms with E-state index in [9.17, 15) is 0 Å². The predicted molar refractivity (Wildman–Crippen MR) is 70.9 cm³/mol. The van der Waals surface area contributed by atoms with Crippen molar-refractivity contribution in [3.63, 3.8) is 0 Å². The first-order valence-corrected chi connectivity index (χ1v) is 6.64. The number of thioether (sulfide) groups is 1. The molecule has 1 aromatic carbocycles. The Balaban J connectivity index is 2.67. The Kier molecular flexibility index (Phi) is 5.88. The van der Waals surface area contributed by atoms with Gasteiger partial charge in [-0.05, 0) is 31.2 Å². The molecule has 2 unspecified atom stereocenters. The van der Waals surface area contributed by atoms with Crippen LogP contribution in [0.3, 0.4) is 0 Å². The number of aliphatic hydroxyl groups is 1. The topological polar surface area (TPSA) is 32.3 Å². The third-order valence-corrected chi connectivity index (χ3v) is 3.73. The van der Waals surface area contributed by atoms with Crippen LogP contribution in [-0.4, -0.2) is 24.0 Å². The molecule has 3 heteroatoms. The Hall–Kier alpha value is -0.510. The monoisotopic (exact) mass is 239 g/mol. The molecular formula is C13H21NOS. The Bertz CT molecular complexity index is 295. The Morgan fingerprint density at radius 1 is 1.31 bits per heavy atom. The van der Waals surface area contributed by atoms with E-state index in [4.69, 9.17) is 5.11 Å². The lowest BCUT2D eigenvalue weighted by Gasteiger charge is -2.15. The third-order valence-electron chi connectivity index (χ3n) is 2.63. The van der Waals surface area contributed by atoms with Crippen molar-refractivity contribution in [3.05, 3.63) is 29.8 Å². The average molecular weight is 239 g/mol. The van der Waals surface area contributed by atoms with Gasteiger partial charge in [0, 0.05) is 16.2 Å². The maximum atomic E-state index is 8.98. The molecule has 0 spiro atoms. The molecule has 2 atom stereocenters. The molecule has 0 radical (unpaired) electrons. The zero-order chi connectivity index (χ0) is 12.0. The largest absolute Gasteiger partial charge is 0.395 e. The van der Waals surface area contributed by atoms with Crippen molar-refractivity contribution in [1.82, 2.24) is 5.32 Å². The molecule has 16 heavy (non-hydrogen) atoms. The minimum Gasteiger partial charge on any atom is -0.395 e. The molecule has 0 amide bonds. The van der Waals surface area contributed by atoms with Crippen molar-refractivity contribution in [1.29, 1.82) is 0 Å². The number of hydrogen-bond acceptors (Lipinski definition) is 3. The van der Waals surface area contributed by atoms with E-state index in [0.717, 1.165) is 6.42 Å². The van der Waals surface area contributed by atoms with E-state index < -0.39 is 0 Å². The highest BCUT2D eigenvalue weighted by atomic mass is 32.2. The average Bonchev–Trinajstić information content (AvgIpc) is 2.32. The molecule has 0 heterocycles. The maximum absolute atomic E-state index is 8.98. The fourth-order valence-corrected chi connectivity index (χ4v) is 2.49. The van der Waals surface area contributed by atoms with Gasteiger partial charge < -0.3 is 10.4 Å². The Morgan fingerprint density at radius 3 is 2.38 bits per heavy atom. The highest BCUT2D eigenvalue weighted by Gasteiger charge is 2.07. The number of rotatable bonds is 6. The third kappa shape index (κ3) is 3.81. The van der Waals surface area contributed by atoms with Gasteiger partial charge in [0.05, 0.1) is 6.61 Å². The van der Waals surface area contributed by atoms with Gasteiger partial charge in [0.25, 0.3) is 0 Å². The van der Waals surface area contributed by atoms with E-state index in [2.05, 4.69) is 36.5 Å². The fourth-order valence-electron chi connectivity index (χ4n) is 1.65. The molecule has 0 saturated heterocycles. The van der Waals surface area contributed by atoms with E-state index in [1.165, 1.54) is 10.5 Å². The molecule has 0 bridgehead atoms. The predicted octanol–water partition coefficient (Wildman–Crippen LogP) is 2.83. The molecule has 0 aliphatic heterocycles. The van der Waals surface area contributed by atoms with E-state index >= 15 is 0 Å². The van der Waals surface area contributed by atoms with Gasteiger partial charge in [-0.15, -0.1) is 11.8 Å². The van der Waals surface area contributed by atoms with E-state index in [1.54, 1.807) is 11.8 Å². The van der Waals surface area contributed by atoms with Gasteiger partial charge in [-0.1, -0.05) is 26.0 Å². The second kappa shape index (κ2) is 6.94. The molecule has 0 aliphatic rings. The van der Waals surface area contributed by atoms with Gasteiger partial charge in [-0.3, -0.25) is 0 Å². The van der Waals surface area contributed by atoms with Gasteiger partial charge in [-0.25, -0.2) is 0 Å². The number of aliphatic hydroxyl groups excluding tert-OH is 1. The van der Waals surface area contributed by atoms with Crippen molar-refractivity contribution >= 4 is 11.8 Å². The summed E-state index contributed by atoms with van der Waals surface area (Å²) in [5, 5.41) is 12.5. The first kappa shape index (κ1) is 13.6. The van der Waals surface area contributed by atoms with Crippen LogP contribution in [0, 0.1) is 0 Å². The smallest absolute Gasteiger partial charge is 0.0550 e. The van der Waals surface area contributed by atoms with Crippen LogP contribution in [0.15, 0.2) is 29.2 Å². The van der Waals surface area contributed by atoms with Crippen LogP contribution in [0.4, 0.5) is 0 Å². The van der Waals surface area contributed by atoms with Crippen LogP contribution in [0.25, 0.3) is 0 Å². The summed E-state index contributed by atoms with van der Waals surface area (Å²) in [6.45, 7) is 4.43. The quantitative estimate of drug-likeness (QED) is 0.749. The van der Waals surface area contributed by atoms with Crippen molar-refractivity contribution in [2.24, 2.45) is 0 Å². The lowest BCUT2D eigenvalue weighted by atomic mass is 10.1. The number of hydrogen-bond donors (Lipinski definition) is 2. The minimum atomic E-state index is 0.223. The molecule has 0 fully saturated rings. The fraction of sp³-hybridized carbons (Fsp3) is 0.538. The molecule has 0 aromatic heterocycles. The molecule has 90 valence electrons. The normalized spacial score (nSPS) is 14.8. The second-order valence-electron chi connectivity index (χ2n) is 3.93. The minimum absolute atomic E-state index is 0.223. The van der Waals surface area contributed by atoms with Crippen molar-refractivity contribution in [2.45, 2.75) is 36.5 Å². The van der Waals surface area contributed by atoms with Gasteiger partial charge in [0.15, 0.2) is 0 Å². The summed E-state index contributed by atoms with van der Waals surface area (Å²) in [6, 6.07) is 9.03. The maximum Gasteiger partial charge on any atom is 0.0550 e. The van der Waals surface area contributed by atoms with Crippen LogP contribution in [0.1, 0.15) is 31.9 Å². The lowest BCUT2D eigenvalue weighted by molar-refractivity contribution is 0.300. The molecular weight excluding hydrogens is 218 g/mol. The highest BCUT2D eigenvalue weighted by molar-refractivity contribution is 8.00. The van der Waals surface area contributed by atoms with Crippen LogP contribution in [0.5, 0.6) is 0 Å². The van der Waals surface area contributed by atoms with Gasteiger partial charge >= 0.3 is 0 Å². The number of benzene rings is 1. The molecule has 2 N–H and O–H groups in total. The molecule has 0 aliphatic carbocycles. The van der Waals surface area contributed by atoms with Crippen molar-refractivity contribution in [2.75, 3.05) is 13.7 Å². The zero-order valence-electron chi connectivity index (χ0n) is 10.2. The molecule has 2 nitrogen and oxygen atoms in total. The van der Waals surface area contributed by atoms with Crippen molar-refractivity contribution in [3.8, 4) is 0 Å². The van der Waals surface area contributed by atoms with Gasteiger partial charge in [0.2, 0.25) is 0 Å². The molecule has 0 saturated carbocycles. The first-order valence-electron chi connectivity index (χ1n) is 5.76. The van der Waals surface area contributed by atoms with Crippen LogP contribution >= 0.6 is 11.8 Å². The summed E-state index contributed by atoms with van der Waals surface area (Å²) in [6.07, 6.45) is 1.09. The summed E-state index contributed by atoms with van der Waals surface area (Å²) >= 11 is 1.71. The first-order chi connectivity index (χ1) is 7.71. The van der Waals surface area contributed by atoms with Gasteiger partial charge in [0.1, 0.15) is 0 Å². The second-order valence-corrected chi connectivity index (χ2v) is 5.44. The summed E-state index contributed by atoms with van der Waals surface area (Å²) < 4.78 is 0. The summed E-state index contributed by atoms with van der Waals surface area (Å²) in [7, 11) is 1.99. The van der Waals surface area contributed by atoms with Gasteiger partial charge in [-0.2, -0.15) is 0 Å². The highest BCUT2D eigenvalue weighted by Crippen LogP contribution is 2.25. The summed E-state index contributed by atoms with van der Waals surface area (Å²) in [5.74, 6) is 0. The van der Waals surface area contributed by atoms with E-state index in [0.29, 0.717) is 6.04 Å². The summed E-state index contributed by atoms with van der Waals surface area (Å²) in [4.78, 5) is 1.22. The van der Waals surface area contributed by atoms with Crippen molar-refractivity contribution < 1.29 is 5.11 Å². The molecule has 1 aromatic rings. The SMILES string of the molecule is CCC(NC)c1ccc(SC(C)CO)cc1. The number of nitrogens with one attached hydrogen (secondary N) is 1. The van der Waals surface area contributed by atoms with Crippen LogP contribution < -0.4 is 5.32 Å².